The number of ether oxygens (including phenoxy) is 1. The number of nitrogens with zero attached hydrogens (tertiary/aromatic N) is 2. The molecule has 0 radical (unpaired) electrons. The molecule has 1 aliphatic heterocycles. The lowest BCUT2D eigenvalue weighted by Gasteiger charge is -2.33. The lowest BCUT2D eigenvalue weighted by atomic mass is 9.97. The summed E-state index contributed by atoms with van der Waals surface area (Å²) in [6.45, 7) is 4.39. The maximum absolute atomic E-state index is 11.7. The van der Waals surface area contributed by atoms with Crippen LogP contribution in [0.5, 0.6) is 0 Å². The maximum Gasteiger partial charge on any atom is 0.308 e. The van der Waals surface area contributed by atoms with Crippen LogP contribution in [-0.2, 0) is 14.3 Å². The van der Waals surface area contributed by atoms with Gasteiger partial charge in [-0.2, -0.15) is 0 Å². The molecule has 7 nitrogen and oxygen atoms in total. The molecule has 2 rings (SSSR count). The van der Waals surface area contributed by atoms with Gasteiger partial charge in [-0.3, -0.25) is 9.59 Å². The van der Waals surface area contributed by atoms with Crippen molar-refractivity contribution in [3.05, 3.63) is 0 Å². The number of rotatable bonds is 5. The number of amides is 1. The van der Waals surface area contributed by atoms with Crippen molar-refractivity contribution in [3.8, 4) is 0 Å². The summed E-state index contributed by atoms with van der Waals surface area (Å²) in [6.07, 6.45) is 3.67. The molecule has 1 saturated carbocycles. The van der Waals surface area contributed by atoms with Crippen molar-refractivity contribution in [3.63, 3.8) is 0 Å². The molecule has 0 unspecified atom stereocenters. The van der Waals surface area contributed by atoms with Gasteiger partial charge in [0.1, 0.15) is 6.54 Å². The number of halogens is 1. The number of aliphatic imine (C=N–C) groups is 1. The molecule has 1 amide bonds. The third-order valence-corrected chi connectivity index (χ3v) is 3.98. The predicted molar refractivity (Wildman–Crippen MR) is 98.9 cm³/mol. The lowest BCUT2D eigenvalue weighted by molar-refractivity contribution is -0.146. The van der Waals surface area contributed by atoms with Gasteiger partial charge in [-0.25, -0.2) is 4.99 Å². The monoisotopic (exact) mass is 438 g/mol. The van der Waals surface area contributed by atoms with Crippen LogP contribution in [0.1, 0.15) is 32.6 Å². The molecule has 1 aliphatic carbocycles. The highest BCUT2D eigenvalue weighted by atomic mass is 127. The minimum Gasteiger partial charge on any atom is -0.469 e. The van der Waals surface area contributed by atoms with Gasteiger partial charge in [-0.05, 0) is 32.6 Å². The van der Waals surface area contributed by atoms with Gasteiger partial charge in [0.25, 0.3) is 0 Å². The molecule has 2 aliphatic rings. The number of carbonyl (C=O) groups excluding carboxylic acids is 2. The van der Waals surface area contributed by atoms with Crippen molar-refractivity contribution >= 4 is 41.8 Å². The Hall–Kier alpha value is -1.06. The van der Waals surface area contributed by atoms with Crippen LogP contribution in [-0.4, -0.2) is 62.1 Å². The van der Waals surface area contributed by atoms with Gasteiger partial charge in [0.15, 0.2) is 5.96 Å². The molecule has 2 fully saturated rings. The van der Waals surface area contributed by atoms with Gasteiger partial charge in [0, 0.05) is 25.7 Å². The number of hydrogen-bond donors (Lipinski definition) is 2. The lowest BCUT2D eigenvalue weighted by Crippen LogP contribution is -2.47. The number of esters is 1. The number of guanidine groups is 1. The Balaban J connectivity index is 0.00000264. The third kappa shape index (κ3) is 6.52. The predicted octanol–water partition coefficient (Wildman–Crippen LogP) is 0.734. The molecular formula is C15H27IN4O3. The molecular weight excluding hydrogens is 411 g/mol. The molecule has 0 aromatic rings. The van der Waals surface area contributed by atoms with Crippen LogP contribution in [0.2, 0.25) is 0 Å². The molecule has 0 bridgehead atoms. The highest BCUT2D eigenvalue weighted by molar-refractivity contribution is 14.0. The van der Waals surface area contributed by atoms with Crippen molar-refractivity contribution in [2.75, 3.05) is 33.3 Å². The first-order chi connectivity index (χ1) is 10.6. The van der Waals surface area contributed by atoms with E-state index in [2.05, 4.69) is 20.5 Å². The molecule has 2 N–H and O–H groups in total. The zero-order valence-electron chi connectivity index (χ0n) is 13.8. The Kier molecular flexibility index (Phi) is 8.64. The number of methoxy groups -OCH3 is 1. The van der Waals surface area contributed by atoms with E-state index in [-0.39, 0.29) is 48.3 Å². The van der Waals surface area contributed by atoms with Gasteiger partial charge in [0.2, 0.25) is 5.91 Å². The fourth-order valence-electron chi connectivity index (χ4n) is 2.57. The van der Waals surface area contributed by atoms with E-state index in [4.69, 9.17) is 4.74 Å². The summed E-state index contributed by atoms with van der Waals surface area (Å²) in [5.74, 6) is 0.562. The minimum absolute atomic E-state index is 0. The first-order valence-corrected chi connectivity index (χ1v) is 8.04. The molecule has 0 aromatic heterocycles. The number of likely N-dealkylation sites (tertiary alicyclic amines) is 1. The SMILES string of the molecule is CCNC(=NCC(=O)NC1CC1)N1CCC(C(=O)OC)CC1.I. The van der Waals surface area contributed by atoms with Crippen molar-refractivity contribution < 1.29 is 14.3 Å². The number of hydrogen-bond acceptors (Lipinski definition) is 4. The van der Waals surface area contributed by atoms with Crippen molar-refractivity contribution in [2.24, 2.45) is 10.9 Å². The second kappa shape index (κ2) is 9.94. The quantitative estimate of drug-likeness (QED) is 0.286. The summed E-state index contributed by atoms with van der Waals surface area (Å²) >= 11 is 0. The van der Waals surface area contributed by atoms with E-state index in [0.717, 1.165) is 51.3 Å². The van der Waals surface area contributed by atoms with E-state index in [1.165, 1.54) is 7.11 Å². The van der Waals surface area contributed by atoms with E-state index in [9.17, 15) is 9.59 Å². The molecule has 0 aromatic carbocycles. The normalized spacial score (nSPS) is 18.9. The van der Waals surface area contributed by atoms with Crippen LogP contribution in [0.4, 0.5) is 0 Å². The molecule has 1 saturated heterocycles. The summed E-state index contributed by atoms with van der Waals surface area (Å²) in [4.78, 5) is 29.8. The van der Waals surface area contributed by atoms with Crippen LogP contribution in [0.15, 0.2) is 4.99 Å². The van der Waals surface area contributed by atoms with E-state index in [1.54, 1.807) is 0 Å². The van der Waals surface area contributed by atoms with Gasteiger partial charge >= 0.3 is 5.97 Å². The van der Waals surface area contributed by atoms with Crippen LogP contribution in [0.25, 0.3) is 0 Å². The fourth-order valence-corrected chi connectivity index (χ4v) is 2.57. The topological polar surface area (TPSA) is 83.0 Å². The Morgan fingerprint density at radius 3 is 2.39 bits per heavy atom. The number of carbonyl (C=O) groups is 2. The van der Waals surface area contributed by atoms with Crippen molar-refractivity contribution in [2.45, 2.75) is 38.6 Å². The summed E-state index contributed by atoms with van der Waals surface area (Å²) in [5, 5.41) is 6.14. The van der Waals surface area contributed by atoms with E-state index < -0.39 is 0 Å². The molecule has 8 heteroatoms. The van der Waals surface area contributed by atoms with E-state index in [0.29, 0.717) is 6.04 Å². The molecule has 132 valence electrons. The average molecular weight is 438 g/mol. The first kappa shape index (κ1) is 20.0. The van der Waals surface area contributed by atoms with E-state index >= 15 is 0 Å². The summed E-state index contributed by atoms with van der Waals surface area (Å²) in [5.41, 5.74) is 0. The largest absolute Gasteiger partial charge is 0.469 e. The Labute approximate surface area is 154 Å². The van der Waals surface area contributed by atoms with Crippen LogP contribution in [0.3, 0.4) is 0 Å². The molecule has 0 spiro atoms. The highest BCUT2D eigenvalue weighted by Crippen LogP contribution is 2.19. The van der Waals surface area contributed by atoms with Gasteiger partial charge in [0.05, 0.1) is 13.0 Å². The standard InChI is InChI=1S/C15H26N4O3.HI/c1-3-16-15(17-10-13(20)18-12-4-5-12)19-8-6-11(7-9-19)14(21)22-2;/h11-12H,3-10H2,1-2H3,(H,16,17)(H,18,20);1H. The Morgan fingerprint density at radius 2 is 1.87 bits per heavy atom. The molecule has 23 heavy (non-hydrogen) atoms. The third-order valence-electron chi connectivity index (χ3n) is 3.98. The van der Waals surface area contributed by atoms with E-state index in [1.807, 2.05) is 6.92 Å². The second-order valence-electron chi connectivity index (χ2n) is 5.80. The zero-order valence-corrected chi connectivity index (χ0v) is 16.2. The average Bonchev–Trinajstić information content (AvgIpc) is 3.34. The first-order valence-electron chi connectivity index (χ1n) is 8.04. The highest BCUT2D eigenvalue weighted by Gasteiger charge is 2.27. The Morgan fingerprint density at radius 1 is 1.22 bits per heavy atom. The van der Waals surface area contributed by atoms with Crippen molar-refractivity contribution in [1.29, 1.82) is 0 Å². The zero-order chi connectivity index (χ0) is 15.9. The smallest absolute Gasteiger partial charge is 0.308 e. The minimum atomic E-state index is -0.134. The van der Waals surface area contributed by atoms with Crippen LogP contribution in [0, 0.1) is 5.92 Å². The second-order valence-corrected chi connectivity index (χ2v) is 5.80. The van der Waals surface area contributed by atoms with Gasteiger partial charge < -0.3 is 20.3 Å². The van der Waals surface area contributed by atoms with Crippen LogP contribution < -0.4 is 10.6 Å². The molecule has 1 heterocycles. The number of nitrogens with one attached hydrogen (secondary N) is 2. The molecule has 0 atom stereocenters. The summed E-state index contributed by atoms with van der Waals surface area (Å²) < 4.78 is 4.80. The van der Waals surface area contributed by atoms with Gasteiger partial charge in [-0.15, -0.1) is 24.0 Å². The van der Waals surface area contributed by atoms with Gasteiger partial charge in [-0.1, -0.05) is 0 Å². The summed E-state index contributed by atoms with van der Waals surface area (Å²) in [6, 6.07) is 0.362. The van der Waals surface area contributed by atoms with Crippen molar-refractivity contribution in [1.82, 2.24) is 15.5 Å². The fraction of sp³-hybridized carbons (Fsp3) is 0.800. The number of piperidine rings is 1. The summed E-state index contributed by atoms with van der Waals surface area (Å²) in [7, 11) is 1.43. The van der Waals surface area contributed by atoms with Crippen LogP contribution >= 0.6 is 24.0 Å². The maximum atomic E-state index is 11.7. The Bertz CT molecular complexity index is 432.